The minimum atomic E-state index is -3.22. The van der Waals surface area contributed by atoms with Gasteiger partial charge in [-0.05, 0) is 6.42 Å². The van der Waals surface area contributed by atoms with Crippen LogP contribution in [-0.4, -0.2) is 47.6 Å². The van der Waals surface area contributed by atoms with E-state index in [2.05, 4.69) is 9.71 Å². The molecular weight excluding hydrogens is 290 g/mol. The van der Waals surface area contributed by atoms with Crippen LogP contribution in [-0.2, 0) is 27.8 Å². The highest BCUT2D eigenvalue weighted by Gasteiger charge is 2.11. The van der Waals surface area contributed by atoms with Gasteiger partial charge >= 0.3 is 5.97 Å². The molecule has 7 nitrogen and oxygen atoms in total. The summed E-state index contributed by atoms with van der Waals surface area (Å²) in [4.78, 5) is 14.7. The summed E-state index contributed by atoms with van der Waals surface area (Å²) in [5, 5.41) is 9.26. The van der Waals surface area contributed by atoms with E-state index in [1.807, 2.05) is 11.5 Å². The van der Waals surface area contributed by atoms with Gasteiger partial charge in [0.05, 0.1) is 12.0 Å². The highest BCUT2D eigenvalue weighted by Crippen LogP contribution is 2.18. The molecule has 0 aromatic carbocycles. The predicted molar refractivity (Wildman–Crippen MR) is 72.8 cm³/mol. The lowest BCUT2D eigenvalue weighted by atomic mass is 10.3. The molecule has 0 amide bonds. The van der Waals surface area contributed by atoms with Crippen molar-refractivity contribution in [3.63, 3.8) is 0 Å². The second-order valence-electron chi connectivity index (χ2n) is 3.89. The van der Waals surface area contributed by atoms with Crippen molar-refractivity contribution in [1.82, 2.24) is 14.3 Å². The Balaban J connectivity index is 2.72. The summed E-state index contributed by atoms with van der Waals surface area (Å²) < 4.78 is 26.2. The molecule has 108 valence electrons. The Morgan fingerprint density at radius 1 is 1.58 bits per heavy atom. The van der Waals surface area contributed by atoms with Crippen molar-refractivity contribution < 1.29 is 18.3 Å². The number of carboxylic acid groups (broad SMARTS) is 1. The zero-order valence-corrected chi connectivity index (χ0v) is 12.4. The molecular formula is C10H17N3O4S2. The molecule has 0 saturated carbocycles. The molecule has 0 aliphatic carbocycles. The molecule has 1 aromatic heterocycles. The summed E-state index contributed by atoms with van der Waals surface area (Å²) in [7, 11) is -3.22. The molecule has 1 heterocycles. The molecule has 0 aliphatic heterocycles. The van der Waals surface area contributed by atoms with Gasteiger partial charge in [0.1, 0.15) is 0 Å². The maximum atomic E-state index is 11.0. The largest absolute Gasteiger partial charge is 0.481 e. The van der Waals surface area contributed by atoms with E-state index in [0.717, 1.165) is 30.1 Å². The lowest BCUT2D eigenvalue weighted by Crippen LogP contribution is -2.26. The summed E-state index contributed by atoms with van der Waals surface area (Å²) in [5.41, 5.74) is 0.947. The number of hydrogen-bond acceptors (Lipinski definition) is 5. The first kappa shape index (κ1) is 16.0. The van der Waals surface area contributed by atoms with Gasteiger partial charge in [-0.2, -0.15) is 0 Å². The van der Waals surface area contributed by atoms with Gasteiger partial charge < -0.3 is 9.67 Å². The molecule has 0 fully saturated rings. The number of imidazole rings is 1. The summed E-state index contributed by atoms with van der Waals surface area (Å²) in [6.45, 7) is 2.64. The number of nitrogens with one attached hydrogen (secondary N) is 1. The third kappa shape index (κ3) is 5.62. The number of thioether (sulfide) groups is 1. The molecule has 0 saturated heterocycles. The van der Waals surface area contributed by atoms with Gasteiger partial charge in [0.2, 0.25) is 10.0 Å². The van der Waals surface area contributed by atoms with Gasteiger partial charge in [0.15, 0.2) is 5.16 Å². The Labute approximate surface area is 116 Å². The number of rotatable bonds is 8. The normalized spacial score (nSPS) is 11.7. The monoisotopic (exact) mass is 307 g/mol. The molecule has 0 spiro atoms. The van der Waals surface area contributed by atoms with E-state index < -0.39 is 16.0 Å². The molecule has 1 rings (SSSR count). The molecule has 9 heteroatoms. The number of aromatic nitrogens is 2. The fraction of sp³-hybridized carbons (Fsp3) is 0.600. The number of sulfonamides is 1. The number of hydrogen-bond donors (Lipinski definition) is 2. The van der Waals surface area contributed by atoms with Crippen LogP contribution in [0, 0.1) is 0 Å². The number of aryl methyl sites for hydroxylation is 1. The van der Waals surface area contributed by atoms with Crippen molar-refractivity contribution in [2.45, 2.75) is 25.0 Å². The third-order valence-electron chi connectivity index (χ3n) is 2.29. The SMILES string of the molecule is CCc1cnc(SCC(=O)O)n1CCNS(C)(=O)=O. The first-order valence-corrected chi connectivity index (χ1v) is 8.54. The highest BCUT2D eigenvalue weighted by molar-refractivity contribution is 7.99. The third-order valence-corrected chi connectivity index (χ3v) is 3.99. The summed E-state index contributed by atoms with van der Waals surface area (Å²) >= 11 is 1.12. The zero-order chi connectivity index (χ0) is 14.5. The molecule has 0 radical (unpaired) electrons. The van der Waals surface area contributed by atoms with Crippen LogP contribution in [0.25, 0.3) is 0 Å². The first-order valence-electron chi connectivity index (χ1n) is 5.67. The molecule has 0 aliphatic rings. The van der Waals surface area contributed by atoms with E-state index in [9.17, 15) is 13.2 Å². The van der Waals surface area contributed by atoms with Crippen molar-refractivity contribution in [3.05, 3.63) is 11.9 Å². The zero-order valence-electron chi connectivity index (χ0n) is 10.8. The van der Waals surface area contributed by atoms with Crippen molar-refractivity contribution in [3.8, 4) is 0 Å². The molecule has 0 atom stereocenters. The maximum absolute atomic E-state index is 11.0. The Bertz CT molecular complexity index is 539. The topological polar surface area (TPSA) is 101 Å². The van der Waals surface area contributed by atoms with Crippen molar-refractivity contribution in [2.24, 2.45) is 0 Å². The predicted octanol–water partition coefficient (Wildman–Crippen LogP) is 0.171. The lowest BCUT2D eigenvalue weighted by molar-refractivity contribution is -0.133. The van der Waals surface area contributed by atoms with Gasteiger partial charge in [-0.1, -0.05) is 18.7 Å². The van der Waals surface area contributed by atoms with Crippen LogP contribution in [0.3, 0.4) is 0 Å². The van der Waals surface area contributed by atoms with Gasteiger partial charge in [0, 0.05) is 25.0 Å². The second-order valence-corrected chi connectivity index (χ2v) is 6.66. The van der Waals surface area contributed by atoms with E-state index in [-0.39, 0.29) is 12.3 Å². The smallest absolute Gasteiger partial charge is 0.313 e. The van der Waals surface area contributed by atoms with Crippen LogP contribution in [0.4, 0.5) is 0 Å². The standard InChI is InChI=1S/C10H17N3O4S2/c1-3-8-6-11-10(18-7-9(14)15)13(8)5-4-12-19(2,16)17/h6,12H,3-5,7H2,1-2H3,(H,14,15). The Kier molecular flexibility index (Phi) is 5.83. The molecule has 2 N–H and O–H groups in total. The lowest BCUT2D eigenvalue weighted by Gasteiger charge is -2.10. The molecule has 0 bridgehead atoms. The first-order chi connectivity index (χ1) is 8.83. The Hall–Kier alpha value is -1.06. The van der Waals surface area contributed by atoms with Gasteiger partial charge in [-0.3, -0.25) is 4.79 Å². The minimum Gasteiger partial charge on any atom is -0.481 e. The average molecular weight is 307 g/mol. The van der Waals surface area contributed by atoms with Crippen LogP contribution in [0.15, 0.2) is 11.4 Å². The van der Waals surface area contributed by atoms with E-state index in [1.54, 1.807) is 6.20 Å². The highest BCUT2D eigenvalue weighted by atomic mass is 32.2. The maximum Gasteiger partial charge on any atom is 0.313 e. The quantitative estimate of drug-likeness (QED) is 0.664. The van der Waals surface area contributed by atoms with Crippen molar-refractivity contribution in [1.29, 1.82) is 0 Å². The van der Waals surface area contributed by atoms with Gasteiger partial charge in [-0.25, -0.2) is 18.1 Å². The van der Waals surface area contributed by atoms with E-state index in [0.29, 0.717) is 11.7 Å². The fourth-order valence-corrected chi connectivity index (χ4v) is 2.70. The number of aliphatic carboxylic acids is 1. The van der Waals surface area contributed by atoms with Crippen LogP contribution in [0.2, 0.25) is 0 Å². The number of carboxylic acids is 1. The van der Waals surface area contributed by atoms with Crippen LogP contribution < -0.4 is 4.72 Å². The van der Waals surface area contributed by atoms with Crippen LogP contribution in [0.5, 0.6) is 0 Å². The molecule has 0 unspecified atom stereocenters. The van der Waals surface area contributed by atoms with Crippen molar-refractivity contribution in [2.75, 3.05) is 18.6 Å². The Morgan fingerprint density at radius 2 is 2.26 bits per heavy atom. The van der Waals surface area contributed by atoms with E-state index >= 15 is 0 Å². The minimum absolute atomic E-state index is 0.0698. The number of nitrogens with zero attached hydrogens (tertiary/aromatic N) is 2. The second kappa shape index (κ2) is 6.92. The van der Waals surface area contributed by atoms with E-state index in [1.165, 1.54) is 0 Å². The van der Waals surface area contributed by atoms with Crippen LogP contribution in [0.1, 0.15) is 12.6 Å². The van der Waals surface area contributed by atoms with Crippen LogP contribution >= 0.6 is 11.8 Å². The summed E-state index contributed by atoms with van der Waals surface area (Å²) in [5.74, 6) is -0.980. The van der Waals surface area contributed by atoms with Gasteiger partial charge in [-0.15, -0.1) is 0 Å². The molecule has 19 heavy (non-hydrogen) atoms. The average Bonchev–Trinajstić information content (AvgIpc) is 2.67. The number of carbonyl (C=O) groups is 1. The van der Waals surface area contributed by atoms with E-state index in [4.69, 9.17) is 5.11 Å². The summed E-state index contributed by atoms with van der Waals surface area (Å²) in [6, 6.07) is 0. The van der Waals surface area contributed by atoms with Gasteiger partial charge in [0.25, 0.3) is 0 Å². The summed E-state index contributed by atoms with van der Waals surface area (Å²) in [6.07, 6.45) is 3.53. The fourth-order valence-electron chi connectivity index (χ4n) is 1.50. The van der Waals surface area contributed by atoms with Crippen molar-refractivity contribution >= 4 is 27.8 Å². The Morgan fingerprint density at radius 3 is 2.79 bits per heavy atom. The molecule has 1 aromatic rings.